The van der Waals surface area contributed by atoms with E-state index in [0.29, 0.717) is 12.1 Å². The Kier molecular flexibility index (Phi) is 9.51. The minimum atomic E-state index is -5.24. The highest BCUT2D eigenvalue weighted by Crippen LogP contribution is 2.48. The second-order valence-corrected chi connectivity index (χ2v) is 9.88. The number of ether oxygens (including phenoxy) is 2. The van der Waals surface area contributed by atoms with Crippen LogP contribution in [0.25, 0.3) is 0 Å². The number of thioether (sulfide) groups is 1. The fourth-order valence-corrected chi connectivity index (χ4v) is 5.10. The van der Waals surface area contributed by atoms with E-state index < -0.39 is 75.6 Å². The van der Waals surface area contributed by atoms with Crippen LogP contribution in [0, 0.1) is 5.82 Å². The molecule has 40 heavy (non-hydrogen) atoms. The molecule has 0 aliphatic carbocycles. The first kappa shape index (κ1) is 30.9. The van der Waals surface area contributed by atoms with E-state index in [4.69, 9.17) is 32.5 Å². The van der Waals surface area contributed by atoms with E-state index in [2.05, 4.69) is 15.3 Å². The summed E-state index contributed by atoms with van der Waals surface area (Å²) in [6.45, 7) is 1.51. The molecule has 0 saturated heterocycles. The third-order valence-electron chi connectivity index (χ3n) is 5.44. The summed E-state index contributed by atoms with van der Waals surface area (Å²) < 4.78 is 82.5. The number of methoxy groups -OCH3 is 1. The van der Waals surface area contributed by atoms with E-state index in [9.17, 15) is 27.2 Å². The normalized spacial score (nSPS) is 15.8. The van der Waals surface area contributed by atoms with Crippen LogP contribution in [0.1, 0.15) is 30.9 Å². The van der Waals surface area contributed by atoms with Crippen molar-refractivity contribution < 1.29 is 41.0 Å². The molecule has 9 nitrogen and oxygen atoms in total. The van der Waals surface area contributed by atoms with Crippen molar-refractivity contribution in [2.45, 2.75) is 37.2 Å². The molecule has 0 fully saturated rings. The van der Waals surface area contributed by atoms with Crippen molar-refractivity contribution in [2.75, 3.05) is 31.0 Å². The number of nitrogen functional groups attached to an aromatic ring is 2. The molecule has 1 aromatic heterocycles. The van der Waals surface area contributed by atoms with Crippen LogP contribution in [0.15, 0.2) is 45.9 Å². The van der Waals surface area contributed by atoms with Gasteiger partial charge < -0.3 is 26.3 Å². The SMILES string of the molecule is COC(=O)C1=C(CF)NC(CSc2nc(N)cc(N)n2)=C(C(=O)OC(C)C)C1c1c(F)ccc(Cl)c1C(F)(F)F. The van der Waals surface area contributed by atoms with Gasteiger partial charge in [-0.1, -0.05) is 23.4 Å². The average molecular weight is 608 g/mol. The topological polar surface area (TPSA) is 142 Å². The summed E-state index contributed by atoms with van der Waals surface area (Å²) >= 11 is 6.69. The molecular formula is C24H23ClF5N5O4S. The monoisotopic (exact) mass is 607 g/mol. The fraction of sp³-hybridized carbons (Fsp3) is 0.333. The minimum absolute atomic E-state index is 0.00559. The van der Waals surface area contributed by atoms with Gasteiger partial charge in [-0.2, -0.15) is 13.2 Å². The predicted octanol–water partition coefficient (Wildman–Crippen LogP) is 4.53. The molecule has 1 aliphatic rings. The Hall–Kier alpha value is -3.59. The molecule has 1 unspecified atom stereocenters. The van der Waals surface area contributed by atoms with Crippen LogP contribution in [0.2, 0.25) is 5.02 Å². The standard InChI is InChI=1S/C24H23ClF5N5O4S/c1-9(2)39-22(37)18-13(8-40-23-34-14(31)6-15(32)35-23)33-12(7-26)17(21(36)38-3)19(18)16-11(27)5-4-10(25)20(16)24(28,29)30/h4-6,9,19,33H,7-8H2,1-3H3,(H4,31,32,34,35). The van der Waals surface area contributed by atoms with Crippen LogP contribution in [0.3, 0.4) is 0 Å². The Labute approximate surface area is 234 Å². The van der Waals surface area contributed by atoms with E-state index in [1.165, 1.54) is 19.9 Å². The summed E-state index contributed by atoms with van der Waals surface area (Å²) in [6.07, 6.45) is -6.03. The molecule has 3 rings (SSSR count). The van der Waals surface area contributed by atoms with Crippen molar-refractivity contribution in [2.24, 2.45) is 0 Å². The number of esters is 2. The number of dihydropyridines is 1. The molecule has 0 radical (unpaired) electrons. The predicted molar refractivity (Wildman–Crippen MR) is 137 cm³/mol. The Morgan fingerprint density at radius 1 is 1.12 bits per heavy atom. The number of hydrogen-bond acceptors (Lipinski definition) is 10. The highest BCUT2D eigenvalue weighted by Gasteiger charge is 2.47. The summed E-state index contributed by atoms with van der Waals surface area (Å²) in [6, 6.07) is 2.59. The van der Waals surface area contributed by atoms with Crippen molar-refractivity contribution >= 4 is 46.9 Å². The van der Waals surface area contributed by atoms with Gasteiger partial charge in [-0.25, -0.2) is 28.3 Å². The van der Waals surface area contributed by atoms with Crippen LogP contribution >= 0.6 is 23.4 Å². The number of allylic oxidation sites excluding steroid dienone is 1. The maximum absolute atomic E-state index is 15.4. The lowest BCUT2D eigenvalue weighted by atomic mass is 9.78. The fourth-order valence-electron chi connectivity index (χ4n) is 3.99. The maximum atomic E-state index is 15.4. The van der Waals surface area contributed by atoms with Gasteiger partial charge >= 0.3 is 18.1 Å². The second kappa shape index (κ2) is 12.3. The molecule has 2 aromatic rings. The van der Waals surface area contributed by atoms with Crippen molar-refractivity contribution in [1.82, 2.24) is 15.3 Å². The van der Waals surface area contributed by atoms with Crippen molar-refractivity contribution in [1.29, 1.82) is 0 Å². The number of aromatic nitrogens is 2. The molecule has 0 amide bonds. The average Bonchev–Trinajstić information content (AvgIpc) is 2.85. The molecule has 1 aliphatic heterocycles. The third kappa shape index (κ3) is 6.58. The number of nitrogens with zero attached hydrogens (tertiary/aromatic N) is 2. The number of benzene rings is 1. The first-order valence-electron chi connectivity index (χ1n) is 11.4. The lowest BCUT2D eigenvalue weighted by Gasteiger charge is -2.33. The quantitative estimate of drug-likeness (QED) is 0.169. The molecule has 5 N–H and O–H groups in total. The number of carbonyl (C=O) groups excluding carboxylic acids is 2. The van der Waals surface area contributed by atoms with Gasteiger partial charge in [-0.05, 0) is 26.0 Å². The molecule has 0 saturated carbocycles. The van der Waals surface area contributed by atoms with E-state index in [-0.39, 0.29) is 28.2 Å². The summed E-state index contributed by atoms with van der Waals surface area (Å²) in [5.74, 6) is -6.42. The highest BCUT2D eigenvalue weighted by molar-refractivity contribution is 7.99. The Morgan fingerprint density at radius 2 is 1.73 bits per heavy atom. The molecule has 1 aromatic carbocycles. The highest BCUT2D eigenvalue weighted by atomic mass is 35.5. The molecule has 1 atom stereocenters. The zero-order valence-electron chi connectivity index (χ0n) is 21.2. The number of nitrogens with two attached hydrogens (primary N) is 2. The van der Waals surface area contributed by atoms with Crippen LogP contribution in [0.4, 0.5) is 33.6 Å². The number of anilines is 2. The smallest absolute Gasteiger partial charge is 0.418 e. The molecule has 2 heterocycles. The first-order valence-corrected chi connectivity index (χ1v) is 12.7. The van der Waals surface area contributed by atoms with E-state index in [0.717, 1.165) is 18.9 Å². The summed E-state index contributed by atoms with van der Waals surface area (Å²) in [5, 5.41) is 1.67. The summed E-state index contributed by atoms with van der Waals surface area (Å²) in [7, 11) is 0.893. The number of carbonyl (C=O) groups is 2. The minimum Gasteiger partial charge on any atom is -0.466 e. The van der Waals surface area contributed by atoms with Crippen molar-refractivity contribution in [3.63, 3.8) is 0 Å². The maximum Gasteiger partial charge on any atom is 0.418 e. The van der Waals surface area contributed by atoms with Gasteiger partial charge in [0, 0.05) is 23.1 Å². The van der Waals surface area contributed by atoms with E-state index in [1.807, 2.05) is 0 Å². The van der Waals surface area contributed by atoms with Crippen molar-refractivity contribution in [3.8, 4) is 0 Å². The number of nitrogens with one attached hydrogen (secondary N) is 1. The number of halogens is 6. The molecule has 16 heteroatoms. The third-order valence-corrected chi connectivity index (χ3v) is 6.62. The number of hydrogen-bond donors (Lipinski definition) is 3. The van der Waals surface area contributed by atoms with Crippen LogP contribution in [0.5, 0.6) is 0 Å². The van der Waals surface area contributed by atoms with Gasteiger partial charge in [0.1, 0.15) is 24.1 Å². The Morgan fingerprint density at radius 3 is 2.25 bits per heavy atom. The van der Waals surface area contributed by atoms with E-state index in [1.54, 1.807) is 0 Å². The van der Waals surface area contributed by atoms with Gasteiger partial charge in [0.05, 0.1) is 46.6 Å². The zero-order chi connectivity index (χ0) is 29.9. The lowest BCUT2D eigenvalue weighted by molar-refractivity contribution is -0.144. The largest absolute Gasteiger partial charge is 0.466 e. The summed E-state index contributed by atoms with van der Waals surface area (Å²) in [5.41, 5.74) is 6.36. The molecule has 0 bridgehead atoms. The van der Waals surface area contributed by atoms with Crippen molar-refractivity contribution in [3.05, 3.63) is 62.7 Å². The van der Waals surface area contributed by atoms with Crippen LogP contribution in [-0.2, 0) is 25.2 Å². The van der Waals surface area contributed by atoms with Gasteiger partial charge in [0.15, 0.2) is 5.16 Å². The summed E-state index contributed by atoms with van der Waals surface area (Å²) in [4.78, 5) is 34.3. The van der Waals surface area contributed by atoms with Gasteiger partial charge in [-0.3, -0.25) is 0 Å². The van der Waals surface area contributed by atoms with Gasteiger partial charge in [-0.15, -0.1) is 0 Å². The van der Waals surface area contributed by atoms with Crippen LogP contribution < -0.4 is 16.8 Å². The Bertz CT molecular complexity index is 1380. The zero-order valence-corrected chi connectivity index (χ0v) is 22.7. The van der Waals surface area contributed by atoms with E-state index >= 15 is 4.39 Å². The number of rotatable bonds is 8. The Balaban J connectivity index is 2.38. The van der Waals surface area contributed by atoms with Gasteiger partial charge in [0.2, 0.25) is 0 Å². The first-order chi connectivity index (χ1) is 18.7. The lowest BCUT2D eigenvalue weighted by Crippen LogP contribution is -2.37. The molecular weight excluding hydrogens is 585 g/mol. The molecule has 216 valence electrons. The van der Waals surface area contributed by atoms with Crippen LogP contribution in [-0.4, -0.2) is 47.5 Å². The number of alkyl halides is 4. The van der Waals surface area contributed by atoms with Gasteiger partial charge in [0.25, 0.3) is 0 Å². The molecule has 0 spiro atoms. The second-order valence-electron chi connectivity index (χ2n) is 8.53.